The van der Waals surface area contributed by atoms with E-state index in [0.29, 0.717) is 29.3 Å². The fraction of sp³-hybridized carbons (Fsp3) is 0.348. The molecule has 0 aliphatic carbocycles. The Balaban J connectivity index is 1.66. The van der Waals surface area contributed by atoms with Crippen LogP contribution in [0.1, 0.15) is 30.1 Å². The van der Waals surface area contributed by atoms with E-state index >= 15 is 0 Å². The van der Waals surface area contributed by atoms with Gasteiger partial charge in [0.25, 0.3) is 5.91 Å². The van der Waals surface area contributed by atoms with Gasteiger partial charge in [-0.3, -0.25) is 14.4 Å². The van der Waals surface area contributed by atoms with Gasteiger partial charge in [0.1, 0.15) is 23.9 Å². The molecule has 0 spiro atoms. The number of Topliss-reactive ketones (excluding diaryl/α,β-unsaturated/α-hetero) is 1. The monoisotopic (exact) mass is 427 g/mol. The molecule has 1 amide bonds. The maximum atomic E-state index is 12.5. The molecule has 0 aromatic heterocycles. The summed E-state index contributed by atoms with van der Waals surface area (Å²) in [5.74, 6) is 1.07. The van der Waals surface area contributed by atoms with E-state index in [0.717, 1.165) is 5.75 Å². The molecule has 0 saturated carbocycles. The summed E-state index contributed by atoms with van der Waals surface area (Å²) in [6.45, 7) is 2.47. The fourth-order valence-electron chi connectivity index (χ4n) is 3.14. The van der Waals surface area contributed by atoms with Crippen molar-refractivity contribution < 1.29 is 33.3 Å². The molecule has 1 heterocycles. The first-order valence-electron chi connectivity index (χ1n) is 10.0. The third-order valence-electron chi connectivity index (χ3n) is 4.73. The number of carbonyl (C=O) groups is 3. The highest BCUT2D eigenvalue weighted by molar-refractivity contribution is 6.02. The Kier molecular flexibility index (Phi) is 7.48. The van der Waals surface area contributed by atoms with Crippen molar-refractivity contribution in [3.05, 3.63) is 48.0 Å². The summed E-state index contributed by atoms with van der Waals surface area (Å²) in [5, 5.41) is 0. The summed E-state index contributed by atoms with van der Waals surface area (Å²) in [6, 6.07) is 12.1. The standard InChI is InChI=1S/C23H25NO7/c1-3-29-23(27)11-9-20(25)16-4-10-21-19(14-16)24(22(26)15-31-21)12-13-30-18-7-5-17(28-2)6-8-18/h4-8,10,14H,3,9,11-13,15H2,1-2H3. The van der Waals surface area contributed by atoms with Crippen molar-refractivity contribution in [2.75, 3.05) is 38.4 Å². The van der Waals surface area contributed by atoms with Gasteiger partial charge < -0.3 is 23.8 Å². The second-order valence-corrected chi connectivity index (χ2v) is 6.77. The number of anilines is 1. The van der Waals surface area contributed by atoms with Crippen LogP contribution < -0.4 is 19.1 Å². The van der Waals surface area contributed by atoms with Crippen molar-refractivity contribution in [3.8, 4) is 17.2 Å². The summed E-state index contributed by atoms with van der Waals surface area (Å²) in [5.41, 5.74) is 0.916. The number of esters is 1. The smallest absolute Gasteiger partial charge is 0.306 e. The van der Waals surface area contributed by atoms with Gasteiger partial charge in [-0.1, -0.05) is 0 Å². The van der Waals surface area contributed by atoms with Crippen molar-refractivity contribution in [3.63, 3.8) is 0 Å². The summed E-state index contributed by atoms with van der Waals surface area (Å²) < 4.78 is 21.2. The minimum Gasteiger partial charge on any atom is -0.497 e. The van der Waals surface area contributed by atoms with E-state index in [-0.39, 0.29) is 44.4 Å². The lowest BCUT2D eigenvalue weighted by Crippen LogP contribution is -2.41. The van der Waals surface area contributed by atoms with E-state index in [1.54, 1.807) is 61.4 Å². The highest BCUT2D eigenvalue weighted by atomic mass is 16.5. The SMILES string of the molecule is CCOC(=O)CCC(=O)c1ccc2c(c1)N(CCOc1ccc(OC)cc1)C(=O)CO2. The molecule has 1 aliphatic rings. The number of nitrogens with zero attached hydrogens (tertiary/aromatic N) is 1. The molecule has 0 atom stereocenters. The van der Waals surface area contributed by atoms with Crippen LogP contribution in [0.2, 0.25) is 0 Å². The quantitative estimate of drug-likeness (QED) is 0.425. The average Bonchev–Trinajstić information content (AvgIpc) is 2.79. The van der Waals surface area contributed by atoms with Crippen LogP contribution in [-0.2, 0) is 14.3 Å². The molecule has 0 fully saturated rings. The topological polar surface area (TPSA) is 91.4 Å². The van der Waals surface area contributed by atoms with Gasteiger partial charge in [-0.2, -0.15) is 0 Å². The maximum absolute atomic E-state index is 12.5. The zero-order valence-electron chi connectivity index (χ0n) is 17.6. The van der Waals surface area contributed by atoms with E-state index < -0.39 is 5.97 Å². The van der Waals surface area contributed by atoms with Gasteiger partial charge in [-0.25, -0.2) is 0 Å². The molecule has 31 heavy (non-hydrogen) atoms. The summed E-state index contributed by atoms with van der Waals surface area (Å²) in [4.78, 5) is 38.0. The number of hydrogen-bond acceptors (Lipinski definition) is 7. The van der Waals surface area contributed by atoms with Crippen molar-refractivity contribution in [2.24, 2.45) is 0 Å². The second kappa shape index (κ2) is 10.5. The van der Waals surface area contributed by atoms with Crippen molar-refractivity contribution >= 4 is 23.3 Å². The lowest BCUT2D eigenvalue weighted by atomic mass is 10.0. The third-order valence-corrected chi connectivity index (χ3v) is 4.73. The number of benzene rings is 2. The van der Waals surface area contributed by atoms with Crippen molar-refractivity contribution in [1.29, 1.82) is 0 Å². The van der Waals surface area contributed by atoms with Gasteiger partial charge >= 0.3 is 5.97 Å². The molecule has 2 aromatic carbocycles. The van der Waals surface area contributed by atoms with Crippen LogP contribution in [0.3, 0.4) is 0 Å². The average molecular weight is 427 g/mol. The maximum Gasteiger partial charge on any atom is 0.306 e. The van der Waals surface area contributed by atoms with E-state index in [4.69, 9.17) is 18.9 Å². The van der Waals surface area contributed by atoms with Gasteiger partial charge in [-0.15, -0.1) is 0 Å². The molecule has 8 nitrogen and oxygen atoms in total. The molecule has 164 valence electrons. The normalized spacial score (nSPS) is 12.6. The Morgan fingerprint density at radius 2 is 1.81 bits per heavy atom. The highest BCUT2D eigenvalue weighted by Crippen LogP contribution is 2.33. The number of ketones is 1. The van der Waals surface area contributed by atoms with E-state index in [1.165, 1.54) is 0 Å². The van der Waals surface area contributed by atoms with Crippen LogP contribution in [0.4, 0.5) is 5.69 Å². The van der Waals surface area contributed by atoms with Gasteiger partial charge in [-0.05, 0) is 49.4 Å². The summed E-state index contributed by atoms with van der Waals surface area (Å²) in [7, 11) is 1.59. The minimum absolute atomic E-state index is 0.0125. The number of ether oxygens (including phenoxy) is 4. The van der Waals surface area contributed by atoms with Crippen molar-refractivity contribution in [2.45, 2.75) is 19.8 Å². The van der Waals surface area contributed by atoms with Gasteiger partial charge in [0.15, 0.2) is 12.4 Å². The molecule has 2 aromatic rings. The summed E-state index contributed by atoms with van der Waals surface area (Å²) in [6.07, 6.45) is 0.0472. The molecule has 0 saturated heterocycles. The molecule has 1 aliphatic heterocycles. The highest BCUT2D eigenvalue weighted by Gasteiger charge is 2.26. The predicted octanol–water partition coefficient (Wildman–Crippen LogP) is 3.03. The zero-order valence-corrected chi connectivity index (χ0v) is 17.6. The molecule has 0 unspecified atom stereocenters. The van der Waals surface area contributed by atoms with E-state index in [9.17, 15) is 14.4 Å². The Bertz CT molecular complexity index is 939. The number of fused-ring (bicyclic) bond motifs is 1. The van der Waals surface area contributed by atoms with Crippen LogP contribution in [0.15, 0.2) is 42.5 Å². The van der Waals surface area contributed by atoms with Crippen LogP contribution in [0.25, 0.3) is 0 Å². The van der Waals surface area contributed by atoms with Gasteiger partial charge in [0.05, 0.1) is 32.4 Å². The number of amides is 1. The second-order valence-electron chi connectivity index (χ2n) is 6.77. The number of methoxy groups -OCH3 is 1. The molecule has 0 bridgehead atoms. The Labute approximate surface area is 180 Å². The number of carbonyl (C=O) groups excluding carboxylic acids is 3. The lowest BCUT2D eigenvalue weighted by Gasteiger charge is -2.29. The van der Waals surface area contributed by atoms with Crippen molar-refractivity contribution in [1.82, 2.24) is 0 Å². The fourth-order valence-corrected chi connectivity index (χ4v) is 3.14. The zero-order chi connectivity index (χ0) is 22.2. The molecular weight excluding hydrogens is 402 g/mol. The molecule has 0 N–H and O–H groups in total. The van der Waals surface area contributed by atoms with E-state index in [2.05, 4.69) is 0 Å². The molecular formula is C23H25NO7. The van der Waals surface area contributed by atoms with Crippen LogP contribution >= 0.6 is 0 Å². The first kappa shape index (κ1) is 22.1. The van der Waals surface area contributed by atoms with Gasteiger partial charge in [0.2, 0.25) is 0 Å². The van der Waals surface area contributed by atoms with Crippen LogP contribution in [0.5, 0.6) is 17.2 Å². The summed E-state index contributed by atoms with van der Waals surface area (Å²) >= 11 is 0. The molecule has 3 rings (SSSR count). The predicted molar refractivity (Wildman–Crippen MR) is 113 cm³/mol. The Morgan fingerprint density at radius 1 is 1.06 bits per heavy atom. The third kappa shape index (κ3) is 5.75. The van der Waals surface area contributed by atoms with Crippen LogP contribution in [0, 0.1) is 0 Å². The minimum atomic E-state index is -0.412. The number of hydrogen-bond donors (Lipinski definition) is 0. The van der Waals surface area contributed by atoms with E-state index in [1.807, 2.05) is 0 Å². The molecule has 0 radical (unpaired) electrons. The first-order chi connectivity index (χ1) is 15.0. The lowest BCUT2D eigenvalue weighted by molar-refractivity contribution is -0.143. The Morgan fingerprint density at radius 3 is 2.52 bits per heavy atom. The largest absolute Gasteiger partial charge is 0.497 e. The number of rotatable bonds is 10. The first-order valence-corrected chi connectivity index (χ1v) is 10.0. The molecule has 8 heteroatoms. The van der Waals surface area contributed by atoms with Crippen LogP contribution in [-0.4, -0.2) is 51.1 Å². The van der Waals surface area contributed by atoms with Gasteiger partial charge in [0, 0.05) is 12.0 Å². The Hall–Kier alpha value is -3.55.